The molecule has 0 unspecified atom stereocenters. The number of benzene rings is 2. The van der Waals surface area contributed by atoms with Crippen molar-refractivity contribution in [1.29, 1.82) is 0 Å². The van der Waals surface area contributed by atoms with Crippen LogP contribution in [-0.4, -0.2) is 50.5 Å². The van der Waals surface area contributed by atoms with Crippen LogP contribution in [0.15, 0.2) is 48.5 Å². The standard InChI is InChI=1S/C25H33N3O4S/c1-4-23(28(33(3,31)32)20-15-13-19(2)14-16-20)24(29)26-22-12-8-7-11-21(22)25(30)27-17-9-5-6-10-18-27/h7-8,11-16,23H,4-6,9-10,17-18H2,1-3H3,(H,26,29)/t23-/m0/s1. The van der Waals surface area contributed by atoms with Gasteiger partial charge in [-0.3, -0.25) is 13.9 Å². The Hall–Kier alpha value is -2.87. The summed E-state index contributed by atoms with van der Waals surface area (Å²) in [5.41, 5.74) is 2.24. The van der Waals surface area contributed by atoms with Crippen molar-refractivity contribution in [3.8, 4) is 0 Å². The topological polar surface area (TPSA) is 86.8 Å². The molecule has 7 nitrogen and oxygen atoms in total. The first-order valence-electron chi connectivity index (χ1n) is 11.5. The summed E-state index contributed by atoms with van der Waals surface area (Å²) in [5.74, 6) is -0.584. The van der Waals surface area contributed by atoms with Gasteiger partial charge in [-0.1, -0.05) is 49.6 Å². The number of carbonyl (C=O) groups excluding carboxylic acids is 2. The Morgan fingerprint density at radius 3 is 2.18 bits per heavy atom. The SMILES string of the molecule is CC[C@@H](C(=O)Nc1ccccc1C(=O)N1CCCCCC1)N(c1ccc(C)cc1)S(C)(=O)=O. The molecule has 1 N–H and O–H groups in total. The maximum Gasteiger partial charge on any atom is 0.255 e. The highest BCUT2D eigenvalue weighted by molar-refractivity contribution is 7.92. The van der Waals surface area contributed by atoms with Gasteiger partial charge < -0.3 is 10.2 Å². The Bertz CT molecular complexity index is 1080. The Morgan fingerprint density at radius 2 is 1.61 bits per heavy atom. The normalized spacial score (nSPS) is 15.4. The Labute approximate surface area is 196 Å². The average molecular weight is 472 g/mol. The van der Waals surface area contributed by atoms with Crippen LogP contribution in [0.3, 0.4) is 0 Å². The molecule has 0 spiro atoms. The number of para-hydroxylation sites is 1. The van der Waals surface area contributed by atoms with E-state index in [0.717, 1.165) is 41.8 Å². The van der Waals surface area contributed by atoms with E-state index in [2.05, 4.69) is 5.32 Å². The van der Waals surface area contributed by atoms with E-state index in [9.17, 15) is 18.0 Å². The second-order valence-corrected chi connectivity index (χ2v) is 10.4. The van der Waals surface area contributed by atoms with Crippen molar-refractivity contribution in [2.75, 3.05) is 29.0 Å². The molecule has 0 bridgehead atoms. The van der Waals surface area contributed by atoms with E-state index in [1.165, 1.54) is 0 Å². The van der Waals surface area contributed by atoms with Crippen molar-refractivity contribution >= 4 is 33.2 Å². The van der Waals surface area contributed by atoms with Crippen LogP contribution >= 0.6 is 0 Å². The number of nitrogens with zero attached hydrogens (tertiary/aromatic N) is 2. The summed E-state index contributed by atoms with van der Waals surface area (Å²) in [6.45, 7) is 5.09. The number of likely N-dealkylation sites (tertiary alicyclic amines) is 1. The molecular formula is C25H33N3O4S. The smallest absolute Gasteiger partial charge is 0.255 e. The molecule has 178 valence electrons. The predicted octanol–water partition coefficient (Wildman–Crippen LogP) is 4.19. The number of hydrogen-bond donors (Lipinski definition) is 1. The van der Waals surface area contributed by atoms with Crippen molar-refractivity contribution in [3.63, 3.8) is 0 Å². The summed E-state index contributed by atoms with van der Waals surface area (Å²) < 4.78 is 26.5. The average Bonchev–Trinajstić information content (AvgIpc) is 3.07. The maximum atomic E-state index is 13.3. The van der Waals surface area contributed by atoms with Crippen LogP contribution in [0.4, 0.5) is 11.4 Å². The van der Waals surface area contributed by atoms with Crippen molar-refractivity contribution in [2.24, 2.45) is 0 Å². The third-order valence-electron chi connectivity index (χ3n) is 5.93. The number of sulfonamides is 1. The van der Waals surface area contributed by atoms with Crippen molar-refractivity contribution in [1.82, 2.24) is 4.90 Å². The zero-order valence-electron chi connectivity index (χ0n) is 19.6. The van der Waals surface area contributed by atoms with Gasteiger partial charge >= 0.3 is 0 Å². The molecule has 1 aliphatic heterocycles. The molecular weight excluding hydrogens is 438 g/mol. The number of rotatable bonds is 7. The number of nitrogens with one attached hydrogen (secondary N) is 1. The minimum Gasteiger partial charge on any atom is -0.339 e. The summed E-state index contributed by atoms with van der Waals surface area (Å²) in [4.78, 5) is 28.4. The van der Waals surface area contributed by atoms with Crippen molar-refractivity contribution < 1.29 is 18.0 Å². The Morgan fingerprint density at radius 1 is 1.00 bits per heavy atom. The predicted molar refractivity (Wildman–Crippen MR) is 132 cm³/mol. The maximum absolute atomic E-state index is 13.3. The molecule has 1 fully saturated rings. The van der Waals surface area contributed by atoms with Crippen LogP contribution in [0.2, 0.25) is 0 Å². The van der Waals surface area contributed by atoms with Gasteiger partial charge in [0.2, 0.25) is 15.9 Å². The molecule has 3 rings (SSSR count). The van der Waals surface area contributed by atoms with Crippen LogP contribution in [-0.2, 0) is 14.8 Å². The summed E-state index contributed by atoms with van der Waals surface area (Å²) in [7, 11) is -3.73. The fourth-order valence-electron chi connectivity index (χ4n) is 4.19. The van der Waals surface area contributed by atoms with Crippen LogP contribution in [0.1, 0.15) is 54.9 Å². The summed E-state index contributed by atoms with van der Waals surface area (Å²) in [5, 5.41) is 2.84. The summed E-state index contributed by atoms with van der Waals surface area (Å²) >= 11 is 0. The molecule has 0 saturated carbocycles. The zero-order valence-corrected chi connectivity index (χ0v) is 20.4. The van der Waals surface area contributed by atoms with Crippen molar-refractivity contribution in [3.05, 3.63) is 59.7 Å². The second kappa shape index (κ2) is 10.8. The van der Waals surface area contributed by atoms with E-state index in [-0.39, 0.29) is 12.3 Å². The molecule has 1 saturated heterocycles. The van der Waals surface area contributed by atoms with E-state index in [1.54, 1.807) is 43.3 Å². The first-order chi connectivity index (χ1) is 15.7. The highest BCUT2D eigenvalue weighted by Crippen LogP contribution is 2.25. The van der Waals surface area contributed by atoms with Gasteiger partial charge in [-0.2, -0.15) is 0 Å². The lowest BCUT2D eigenvalue weighted by atomic mass is 10.1. The van der Waals surface area contributed by atoms with Gasteiger partial charge in [0.1, 0.15) is 6.04 Å². The first-order valence-corrected chi connectivity index (χ1v) is 13.3. The van der Waals surface area contributed by atoms with Crippen LogP contribution in [0, 0.1) is 6.92 Å². The van der Waals surface area contributed by atoms with Crippen LogP contribution in [0.5, 0.6) is 0 Å². The molecule has 33 heavy (non-hydrogen) atoms. The fraction of sp³-hybridized carbons (Fsp3) is 0.440. The van der Waals surface area contributed by atoms with Crippen molar-refractivity contribution in [2.45, 2.75) is 52.0 Å². The minimum absolute atomic E-state index is 0.112. The van der Waals surface area contributed by atoms with Gasteiger partial charge in [-0.25, -0.2) is 8.42 Å². The summed E-state index contributed by atoms with van der Waals surface area (Å²) in [6.07, 6.45) is 5.53. The molecule has 1 atom stereocenters. The number of anilines is 2. The first kappa shape index (κ1) is 24.8. The van der Waals surface area contributed by atoms with Crippen LogP contribution in [0.25, 0.3) is 0 Å². The van der Waals surface area contributed by atoms with E-state index in [4.69, 9.17) is 0 Å². The van der Waals surface area contributed by atoms with E-state index < -0.39 is 22.0 Å². The molecule has 1 aliphatic rings. The summed E-state index contributed by atoms with van der Waals surface area (Å²) in [6, 6.07) is 13.0. The van der Waals surface area contributed by atoms with Gasteiger partial charge in [0.15, 0.2) is 0 Å². The molecule has 0 radical (unpaired) electrons. The largest absolute Gasteiger partial charge is 0.339 e. The number of hydrogen-bond acceptors (Lipinski definition) is 4. The molecule has 2 amide bonds. The minimum atomic E-state index is -3.73. The monoisotopic (exact) mass is 471 g/mol. The Balaban J connectivity index is 1.88. The van der Waals surface area contributed by atoms with E-state index in [1.807, 2.05) is 24.0 Å². The lowest BCUT2D eigenvalue weighted by Gasteiger charge is -2.30. The highest BCUT2D eigenvalue weighted by Gasteiger charge is 2.32. The fourth-order valence-corrected chi connectivity index (χ4v) is 5.40. The van der Waals surface area contributed by atoms with E-state index >= 15 is 0 Å². The number of aryl methyl sites for hydroxylation is 1. The molecule has 2 aromatic rings. The zero-order chi connectivity index (χ0) is 24.0. The molecule has 8 heteroatoms. The molecule has 2 aromatic carbocycles. The Kier molecular flexibility index (Phi) is 8.13. The lowest BCUT2D eigenvalue weighted by molar-refractivity contribution is -0.117. The number of amides is 2. The van der Waals surface area contributed by atoms with Gasteiger partial charge in [-0.05, 0) is 50.5 Å². The van der Waals surface area contributed by atoms with Gasteiger partial charge in [0.25, 0.3) is 5.91 Å². The number of carbonyl (C=O) groups is 2. The van der Waals surface area contributed by atoms with E-state index in [0.29, 0.717) is 30.0 Å². The van der Waals surface area contributed by atoms with Gasteiger partial charge in [0, 0.05) is 13.1 Å². The molecule has 1 heterocycles. The third-order valence-corrected chi connectivity index (χ3v) is 7.11. The lowest BCUT2D eigenvalue weighted by Crippen LogP contribution is -2.47. The van der Waals surface area contributed by atoms with Crippen LogP contribution < -0.4 is 9.62 Å². The molecule has 0 aromatic heterocycles. The highest BCUT2D eigenvalue weighted by atomic mass is 32.2. The van der Waals surface area contributed by atoms with Gasteiger partial charge in [-0.15, -0.1) is 0 Å². The second-order valence-electron chi connectivity index (χ2n) is 8.56. The quantitative estimate of drug-likeness (QED) is 0.656. The molecule has 0 aliphatic carbocycles. The third kappa shape index (κ3) is 6.13. The van der Waals surface area contributed by atoms with Gasteiger partial charge in [0.05, 0.1) is 23.2 Å².